The van der Waals surface area contributed by atoms with Crippen LogP contribution in [0.15, 0.2) is 73.2 Å². The molecule has 1 aliphatic rings. The highest BCUT2D eigenvalue weighted by atomic mass is 19.3. The normalized spacial score (nSPS) is 14.3. The van der Waals surface area contributed by atoms with Crippen LogP contribution in [0.1, 0.15) is 22.2 Å². The number of anilines is 2. The zero-order valence-electron chi connectivity index (χ0n) is 20.2. The maximum atomic E-state index is 13.3. The van der Waals surface area contributed by atoms with Gasteiger partial charge in [-0.2, -0.15) is 5.10 Å². The molecule has 1 fully saturated rings. The number of alkyl halides is 2. The molecule has 0 atom stereocenters. The fourth-order valence-corrected chi connectivity index (χ4v) is 4.52. The molecule has 2 aromatic carbocycles. The topological polar surface area (TPSA) is 109 Å². The van der Waals surface area contributed by atoms with Gasteiger partial charge in [-0.15, -0.1) is 0 Å². The van der Waals surface area contributed by atoms with Crippen molar-refractivity contribution in [3.63, 3.8) is 0 Å². The summed E-state index contributed by atoms with van der Waals surface area (Å²) in [5, 5.41) is 10.7. The van der Waals surface area contributed by atoms with Crippen LogP contribution in [-0.2, 0) is 0 Å². The molecular weight excluding hydrogens is 492 g/mol. The average Bonchev–Trinajstić information content (AvgIpc) is 3.55. The number of H-pyrrole nitrogens is 1. The van der Waals surface area contributed by atoms with Crippen molar-refractivity contribution in [2.45, 2.75) is 12.8 Å². The summed E-state index contributed by atoms with van der Waals surface area (Å²) in [6, 6.07) is 16.4. The van der Waals surface area contributed by atoms with Gasteiger partial charge in [0.1, 0.15) is 11.5 Å². The second kappa shape index (κ2) is 8.87. The third-order valence-electron chi connectivity index (χ3n) is 6.37. The number of aromatic nitrogens is 5. The Morgan fingerprint density at radius 1 is 1.00 bits per heavy atom. The van der Waals surface area contributed by atoms with Crippen molar-refractivity contribution < 1.29 is 18.4 Å². The highest BCUT2D eigenvalue weighted by Crippen LogP contribution is 2.31. The first kappa shape index (κ1) is 23.5. The zero-order valence-corrected chi connectivity index (χ0v) is 20.2. The first-order chi connectivity index (χ1) is 18.3. The highest BCUT2D eigenvalue weighted by Gasteiger charge is 2.47. The van der Waals surface area contributed by atoms with Crippen LogP contribution in [0.4, 0.5) is 20.3 Å². The largest absolute Gasteiger partial charge is 0.340 e. The summed E-state index contributed by atoms with van der Waals surface area (Å²) in [7, 11) is 0. The molecule has 1 aliphatic heterocycles. The number of aromatic amines is 1. The van der Waals surface area contributed by atoms with Crippen molar-refractivity contribution >= 4 is 34.2 Å². The van der Waals surface area contributed by atoms with E-state index in [1.54, 1.807) is 42.7 Å². The third kappa shape index (κ3) is 4.27. The van der Waals surface area contributed by atoms with Gasteiger partial charge in [-0.1, -0.05) is 24.3 Å². The molecule has 0 bridgehead atoms. The lowest BCUT2D eigenvalue weighted by atomic mass is 10.1. The van der Waals surface area contributed by atoms with Gasteiger partial charge in [-0.25, -0.2) is 18.7 Å². The van der Waals surface area contributed by atoms with Gasteiger partial charge < -0.3 is 10.2 Å². The van der Waals surface area contributed by atoms with Crippen LogP contribution in [0.25, 0.3) is 33.4 Å². The van der Waals surface area contributed by atoms with Crippen molar-refractivity contribution in [1.29, 1.82) is 0 Å². The summed E-state index contributed by atoms with van der Waals surface area (Å²) in [4.78, 5) is 35.4. The molecule has 2 N–H and O–H groups in total. The summed E-state index contributed by atoms with van der Waals surface area (Å²) < 4.78 is 27.9. The summed E-state index contributed by atoms with van der Waals surface area (Å²) in [5.74, 6) is -2.91. The van der Waals surface area contributed by atoms with Gasteiger partial charge >= 0.3 is 0 Å². The van der Waals surface area contributed by atoms with Gasteiger partial charge in [-0.3, -0.25) is 19.3 Å². The number of nitrogens with one attached hydrogen (secondary N) is 2. The molecular formula is C27H21F2N7O2. The number of fused-ring (bicyclic) bond motifs is 1. The Morgan fingerprint density at radius 3 is 2.45 bits per heavy atom. The molecule has 1 saturated heterocycles. The predicted molar refractivity (Wildman–Crippen MR) is 137 cm³/mol. The van der Waals surface area contributed by atoms with E-state index < -0.39 is 30.8 Å². The van der Waals surface area contributed by atoms with Crippen LogP contribution in [0.2, 0.25) is 0 Å². The molecule has 0 spiro atoms. The number of hydrogen-bond donors (Lipinski definition) is 2. The summed E-state index contributed by atoms with van der Waals surface area (Å²) in [6.07, 6.45) is 5.19. The molecule has 9 nitrogen and oxygen atoms in total. The number of likely N-dealkylation sites (tertiary alicyclic amines) is 1. The molecule has 0 radical (unpaired) electrons. The first-order valence-electron chi connectivity index (χ1n) is 11.8. The van der Waals surface area contributed by atoms with E-state index in [-0.39, 0.29) is 5.69 Å². The molecule has 38 heavy (non-hydrogen) atoms. The lowest BCUT2D eigenvalue weighted by molar-refractivity contribution is -0.113. The van der Waals surface area contributed by atoms with Gasteiger partial charge in [-0.05, 0) is 35.9 Å². The van der Waals surface area contributed by atoms with Crippen molar-refractivity contribution in [3.8, 4) is 22.5 Å². The van der Waals surface area contributed by atoms with Crippen molar-refractivity contribution in [3.05, 3.63) is 78.9 Å². The number of rotatable bonds is 5. The van der Waals surface area contributed by atoms with E-state index in [1.807, 2.05) is 30.5 Å². The molecule has 1 amide bonds. The molecule has 3 aromatic heterocycles. The van der Waals surface area contributed by atoms with E-state index in [9.17, 15) is 18.4 Å². The van der Waals surface area contributed by atoms with Crippen LogP contribution in [0, 0.1) is 0 Å². The van der Waals surface area contributed by atoms with Crippen LogP contribution < -0.4 is 5.32 Å². The standard InChI is InChI=1S/C27H21F2N7O2/c1-16(37)36-22-11-19(3-2-18(22)10-23(36)26(38)35-14-27(28,29)15-35)25-30-9-8-24(34-25)33-21-6-4-17(5-7-21)20-12-31-32-13-20/h2-13H,14-15H2,1H3,(H,31,32)(H,30,33,34). The summed E-state index contributed by atoms with van der Waals surface area (Å²) >= 11 is 0. The van der Waals surface area contributed by atoms with E-state index in [2.05, 4.69) is 25.5 Å². The van der Waals surface area contributed by atoms with Crippen molar-refractivity contribution in [2.24, 2.45) is 0 Å². The van der Waals surface area contributed by atoms with Gasteiger partial charge in [0, 0.05) is 41.5 Å². The molecule has 4 heterocycles. The molecule has 6 rings (SSSR count). The minimum absolute atomic E-state index is 0.0513. The van der Waals surface area contributed by atoms with E-state index in [1.165, 1.54) is 11.5 Å². The first-order valence-corrected chi connectivity index (χ1v) is 11.8. The number of halogens is 2. The monoisotopic (exact) mass is 513 g/mol. The maximum Gasteiger partial charge on any atom is 0.282 e. The molecule has 190 valence electrons. The van der Waals surface area contributed by atoms with Gasteiger partial charge in [0.2, 0.25) is 5.91 Å². The smallest absolute Gasteiger partial charge is 0.282 e. The van der Waals surface area contributed by atoms with Crippen LogP contribution in [0.3, 0.4) is 0 Å². The average molecular weight is 514 g/mol. The second-order valence-electron chi connectivity index (χ2n) is 9.13. The minimum Gasteiger partial charge on any atom is -0.340 e. The lowest BCUT2D eigenvalue weighted by Gasteiger charge is -2.38. The van der Waals surface area contributed by atoms with E-state index in [4.69, 9.17) is 0 Å². The van der Waals surface area contributed by atoms with Crippen molar-refractivity contribution in [2.75, 3.05) is 18.4 Å². The Bertz CT molecular complexity index is 1670. The van der Waals surface area contributed by atoms with E-state index in [0.717, 1.165) is 21.7 Å². The molecule has 11 heteroatoms. The number of carbonyl (C=O) groups is 2. The molecule has 0 aliphatic carbocycles. The number of benzene rings is 2. The Labute approximate surface area is 215 Å². The maximum absolute atomic E-state index is 13.3. The quantitative estimate of drug-likeness (QED) is 0.343. The van der Waals surface area contributed by atoms with Crippen molar-refractivity contribution in [1.82, 2.24) is 29.6 Å². The van der Waals surface area contributed by atoms with Gasteiger partial charge in [0.15, 0.2) is 5.82 Å². The molecule has 0 unspecified atom stereocenters. The zero-order chi connectivity index (χ0) is 26.4. The van der Waals surface area contributed by atoms with E-state index >= 15 is 0 Å². The Balaban J connectivity index is 1.28. The Morgan fingerprint density at radius 2 is 1.76 bits per heavy atom. The van der Waals surface area contributed by atoms with Crippen LogP contribution in [0.5, 0.6) is 0 Å². The minimum atomic E-state index is -2.89. The third-order valence-corrected chi connectivity index (χ3v) is 6.37. The number of amides is 1. The predicted octanol–water partition coefficient (Wildman–Crippen LogP) is 4.98. The lowest BCUT2D eigenvalue weighted by Crippen LogP contribution is -2.58. The number of carbonyl (C=O) groups excluding carboxylic acids is 2. The fraction of sp³-hybridized carbons (Fsp3) is 0.148. The fourth-order valence-electron chi connectivity index (χ4n) is 4.52. The number of nitrogens with zero attached hydrogens (tertiary/aromatic N) is 5. The molecule has 5 aromatic rings. The second-order valence-corrected chi connectivity index (χ2v) is 9.13. The highest BCUT2D eigenvalue weighted by molar-refractivity contribution is 6.05. The van der Waals surface area contributed by atoms with Crippen LogP contribution in [-0.4, -0.2) is 60.5 Å². The van der Waals surface area contributed by atoms with Crippen LogP contribution >= 0.6 is 0 Å². The Kier molecular flexibility index (Phi) is 5.48. The number of hydrogen-bond acceptors (Lipinski definition) is 6. The van der Waals surface area contributed by atoms with Gasteiger partial charge in [0.05, 0.1) is 24.8 Å². The molecule has 0 saturated carbocycles. The summed E-state index contributed by atoms with van der Waals surface area (Å²) in [6.45, 7) is 0.0128. The van der Waals surface area contributed by atoms with Gasteiger partial charge in [0.25, 0.3) is 11.8 Å². The van der Waals surface area contributed by atoms with E-state index in [0.29, 0.717) is 28.1 Å². The SMILES string of the molecule is CC(=O)n1c(C(=O)N2CC(F)(F)C2)cc2ccc(-c3nccc(Nc4ccc(-c5cn[nH]c5)cc4)n3)cc21. The Hall–Kier alpha value is -4.93. The summed E-state index contributed by atoms with van der Waals surface area (Å²) in [5.41, 5.74) is 4.00.